The van der Waals surface area contributed by atoms with Crippen molar-refractivity contribution in [3.63, 3.8) is 0 Å². The van der Waals surface area contributed by atoms with Gasteiger partial charge in [-0.15, -0.1) is 23.1 Å². The predicted molar refractivity (Wildman–Crippen MR) is 86.6 cm³/mol. The summed E-state index contributed by atoms with van der Waals surface area (Å²) in [6.07, 6.45) is 2.06. The van der Waals surface area contributed by atoms with Crippen LogP contribution in [0.2, 0.25) is 0 Å². The van der Waals surface area contributed by atoms with Crippen LogP contribution in [0.3, 0.4) is 0 Å². The van der Waals surface area contributed by atoms with Crippen LogP contribution in [0.15, 0.2) is 34.5 Å². The van der Waals surface area contributed by atoms with Gasteiger partial charge in [-0.05, 0) is 18.4 Å². The van der Waals surface area contributed by atoms with Gasteiger partial charge in [0.1, 0.15) is 17.4 Å². The smallest absolute Gasteiger partial charge is 0.133 e. The largest absolute Gasteiger partial charge is 0.486 e. The molecule has 0 atom stereocenters. The number of thiazole rings is 1. The average Bonchev–Trinajstić information content (AvgIpc) is 2.91. The van der Waals surface area contributed by atoms with E-state index in [1.165, 1.54) is 0 Å². The Labute approximate surface area is 128 Å². The molecular weight excluding hydrogens is 288 g/mol. The van der Waals surface area contributed by atoms with Gasteiger partial charge in [0.2, 0.25) is 0 Å². The molecular formula is C15H20N2OS2. The first-order chi connectivity index (χ1) is 9.69. The minimum absolute atomic E-state index is 0.479. The SMILES string of the molecule is CSc1ccccc1OCc1csc(CNC(C)C)n1. The Kier molecular flexibility index (Phi) is 5.88. The van der Waals surface area contributed by atoms with Gasteiger partial charge in [-0.2, -0.15) is 0 Å². The molecule has 1 aromatic carbocycles. The summed E-state index contributed by atoms with van der Waals surface area (Å²) in [5.41, 5.74) is 0.992. The molecule has 0 aliphatic rings. The zero-order chi connectivity index (χ0) is 14.4. The van der Waals surface area contributed by atoms with Crippen LogP contribution in [0.25, 0.3) is 0 Å². The third-order valence-corrected chi connectivity index (χ3v) is 4.38. The molecule has 0 aliphatic carbocycles. The Morgan fingerprint density at radius 2 is 2.15 bits per heavy atom. The first kappa shape index (κ1) is 15.4. The molecule has 0 amide bonds. The van der Waals surface area contributed by atoms with Crippen LogP contribution in [0, 0.1) is 0 Å². The highest BCUT2D eigenvalue weighted by molar-refractivity contribution is 7.98. The van der Waals surface area contributed by atoms with Crippen molar-refractivity contribution in [2.75, 3.05) is 6.26 Å². The van der Waals surface area contributed by atoms with Crippen LogP contribution in [0.5, 0.6) is 5.75 Å². The van der Waals surface area contributed by atoms with Crippen LogP contribution in [0.4, 0.5) is 0 Å². The molecule has 108 valence electrons. The van der Waals surface area contributed by atoms with Crippen molar-refractivity contribution >= 4 is 23.1 Å². The highest BCUT2D eigenvalue weighted by Gasteiger charge is 2.06. The number of para-hydroxylation sites is 1. The van der Waals surface area contributed by atoms with Crippen molar-refractivity contribution in [2.45, 2.75) is 37.9 Å². The molecule has 2 rings (SSSR count). The normalized spacial score (nSPS) is 11.0. The molecule has 1 heterocycles. The number of rotatable bonds is 7. The van der Waals surface area contributed by atoms with E-state index in [-0.39, 0.29) is 0 Å². The predicted octanol–water partition coefficient (Wildman–Crippen LogP) is 3.94. The van der Waals surface area contributed by atoms with Gasteiger partial charge < -0.3 is 10.1 Å². The van der Waals surface area contributed by atoms with E-state index in [1.54, 1.807) is 23.1 Å². The number of hydrogen-bond donors (Lipinski definition) is 1. The number of benzene rings is 1. The quantitative estimate of drug-likeness (QED) is 0.786. The minimum Gasteiger partial charge on any atom is -0.486 e. The molecule has 5 heteroatoms. The van der Waals surface area contributed by atoms with Gasteiger partial charge in [0, 0.05) is 22.9 Å². The molecule has 1 aromatic heterocycles. The number of nitrogens with one attached hydrogen (secondary N) is 1. The fourth-order valence-corrected chi connectivity index (χ4v) is 2.95. The van der Waals surface area contributed by atoms with Crippen molar-refractivity contribution in [3.05, 3.63) is 40.3 Å². The number of ether oxygens (including phenoxy) is 1. The Morgan fingerprint density at radius 3 is 2.90 bits per heavy atom. The summed E-state index contributed by atoms with van der Waals surface area (Å²) in [5.74, 6) is 0.926. The second-order valence-electron chi connectivity index (χ2n) is 4.71. The highest BCUT2D eigenvalue weighted by Crippen LogP contribution is 2.27. The van der Waals surface area contributed by atoms with Crippen LogP contribution < -0.4 is 10.1 Å². The summed E-state index contributed by atoms with van der Waals surface area (Å²) in [4.78, 5) is 5.73. The van der Waals surface area contributed by atoms with Crippen molar-refractivity contribution in [3.8, 4) is 5.75 Å². The van der Waals surface area contributed by atoms with Crippen molar-refractivity contribution in [1.82, 2.24) is 10.3 Å². The van der Waals surface area contributed by atoms with Crippen LogP contribution >= 0.6 is 23.1 Å². The first-order valence-corrected chi connectivity index (χ1v) is 8.72. The summed E-state index contributed by atoms with van der Waals surface area (Å²) in [6.45, 7) is 5.62. The van der Waals surface area contributed by atoms with Gasteiger partial charge in [0.25, 0.3) is 0 Å². The molecule has 2 aromatic rings. The molecule has 0 radical (unpaired) electrons. The second-order valence-corrected chi connectivity index (χ2v) is 6.50. The van der Waals surface area contributed by atoms with Gasteiger partial charge in [-0.3, -0.25) is 0 Å². The van der Waals surface area contributed by atoms with Crippen molar-refractivity contribution in [1.29, 1.82) is 0 Å². The Hall–Kier alpha value is -1.04. The van der Waals surface area contributed by atoms with Crippen LogP contribution in [-0.2, 0) is 13.2 Å². The summed E-state index contributed by atoms with van der Waals surface area (Å²) >= 11 is 3.37. The summed E-state index contributed by atoms with van der Waals surface area (Å²) < 4.78 is 5.86. The Bertz CT molecular complexity index is 540. The Balaban J connectivity index is 1.91. The maximum atomic E-state index is 5.86. The highest BCUT2D eigenvalue weighted by atomic mass is 32.2. The maximum Gasteiger partial charge on any atom is 0.133 e. The molecule has 3 nitrogen and oxygen atoms in total. The monoisotopic (exact) mass is 308 g/mol. The topological polar surface area (TPSA) is 34.1 Å². The molecule has 0 fully saturated rings. The third kappa shape index (κ3) is 4.51. The van der Waals surface area contributed by atoms with Crippen LogP contribution in [0.1, 0.15) is 24.5 Å². The number of thioether (sulfide) groups is 1. The van der Waals surface area contributed by atoms with Crippen LogP contribution in [-0.4, -0.2) is 17.3 Å². The fourth-order valence-electron chi connectivity index (χ4n) is 1.68. The first-order valence-electron chi connectivity index (χ1n) is 6.61. The van der Waals surface area contributed by atoms with Crippen molar-refractivity contribution in [2.24, 2.45) is 0 Å². The van der Waals surface area contributed by atoms with E-state index in [0.717, 1.165) is 27.9 Å². The van der Waals surface area contributed by atoms with E-state index in [2.05, 4.69) is 41.9 Å². The molecule has 1 N–H and O–H groups in total. The van der Waals surface area contributed by atoms with E-state index in [9.17, 15) is 0 Å². The molecule has 0 aliphatic heterocycles. The van der Waals surface area contributed by atoms with E-state index in [0.29, 0.717) is 12.6 Å². The van der Waals surface area contributed by atoms with Crippen molar-refractivity contribution < 1.29 is 4.74 Å². The molecule has 0 bridgehead atoms. The maximum absolute atomic E-state index is 5.86. The van der Waals surface area contributed by atoms with E-state index in [4.69, 9.17) is 4.74 Å². The second kappa shape index (κ2) is 7.67. The van der Waals surface area contributed by atoms with Gasteiger partial charge >= 0.3 is 0 Å². The number of hydrogen-bond acceptors (Lipinski definition) is 5. The molecule has 20 heavy (non-hydrogen) atoms. The fraction of sp³-hybridized carbons (Fsp3) is 0.400. The lowest BCUT2D eigenvalue weighted by molar-refractivity contribution is 0.294. The third-order valence-electron chi connectivity index (χ3n) is 2.71. The van der Waals surface area contributed by atoms with Gasteiger partial charge in [0.15, 0.2) is 0 Å². The lowest BCUT2D eigenvalue weighted by Crippen LogP contribution is -2.21. The molecule has 0 unspecified atom stereocenters. The van der Waals surface area contributed by atoms with E-state index >= 15 is 0 Å². The minimum atomic E-state index is 0.479. The lowest BCUT2D eigenvalue weighted by atomic mass is 10.3. The van der Waals surface area contributed by atoms with E-state index in [1.807, 2.05) is 18.2 Å². The summed E-state index contributed by atoms with van der Waals surface area (Å²) in [6, 6.07) is 8.57. The Morgan fingerprint density at radius 1 is 1.35 bits per heavy atom. The van der Waals surface area contributed by atoms with Gasteiger partial charge in [0.05, 0.1) is 5.69 Å². The molecule has 0 saturated heterocycles. The molecule has 0 spiro atoms. The molecule has 0 saturated carbocycles. The van der Waals surface area contributed by atoms with E-state index < -0.39 is 0 Å². The number of nitrogens with zero attached hydrogens (tertiary/aromatic N) is 1. The summed E-state index contributed by atoms with van der Waals surface area (Å²) in [5, 5.41) is 6.55. The lowest BCUT2D eigenvalue weighted by Gasteiger charge is -2.08. The number of aromatic nitrogens is 1. The average molecular weight is 308 g/mol. The zero-order valence-electron chi connectivity index (χ0n) is 12.1. The van der Waals surface area contributed by atoms with Gasteiger partial charge in [-0.1, -0.05) is 26.0 Å². The standard InChI is InChI=1S/C15H20N2OS2/c1-11(2)16-8-15-17-12(10-20-15)9-18-13-6-4-5-7-14(13)19-3/h4-7,10-11,16H,8-9H2,1-3H3. The summed E-state index contributed by atoms with van der Waals surface area (Å²) in [7, 11) is 0. The van der Waals surface area contributed by atoms with Gasteiger partial charge in [-0.25, -0.2) is 4.98 Å². The zero-order valence-corrected chi connectivity index (χ0v) is 13.7.